The van der Waals surface area contributed by atoms with Crippen molar-refractivity contribution in [3.63, 3.8) is 0 Å². The van der Waals surface area contributed by atoms with Crippen LogP contribution >= 0.6 is 11.3 Å². The number of likely N-dealkylation sites (tertiary alicyclic amines) is 1. The molecule has 14 heteroatoms. The van der Waals surface area contributed by atoms with E-state index >= 15 is 4.39 Å². The summed E-state index contributed by atoms with van der Waals surface area (Å²) in [6.45, 7) is 13.8. The van der Waals surface area contributed by atoms with E-state index in [2.05, 4.69) is 9.08 Å². The van der Waals surface area contributed by atoms with Crippen LogP contribution in [0.5, 0.6) is 17.2 Å². The molecule has 0 amide bonds. The maximum atomic E-state index is 15.6. The highest BCUT2D eigenvalue weighted by molar-refractivity contribution is 7.88. The van der Waals surface area contributed by atoms with Crippen LogP contribution in [0.25, 0.3) is 20.5 Å². The van der Waals surface area contributed by atoms with Crippen molar-refractivity contribution in [2.24, 2.45) is 0 Å². The summed E-state index contributed by atoms with van der Waals surface area (Å²) in [6, 6.07) is 14.5. The first-order valence-corrected chi connectivity index (χ1v) is 21.6. The van der Waals surface area contributed by atoms with Gasteiger partial charge in [0, 0.05) is 32.6 Å². The van der Waals surface area contributed by atoms with E-state index in [-0.39, 0.29) is 21.1 Å². The molecule has 0 unspecified atom stereocenters. The molecular weight excluding hydrogens is 711 g/mol. The van der Waals surface area contributed by atoms with Crippen molar-refractivity contribution in [1.82, 2.24) is 4.90 Å². The van der Waals surface area contributed by atoms with Crippen molar-refractivity contribution in [3.05, 3.63) is 77.6 Å². The zero-order valence-electron chi connectivity index (χ0n) is 28.7. The Bertz CT molecular complexity index is 1950. The van der Waals surface area contributed by atoms with Gasteiger partial charge in [-0.15, -0.1) is 11.3 Å². The van der Waals surface area contributed by atoms with E-state index in [1.807, 2.05) is 33.9 Å². The summed E-state index contributed by atoms with van der Waals surface area (Å²) >= 11 is 1.00. The number of hydrogen-bond donors (Lipinski definition) is 0. The number of ether oxygens (including phenoxy) is 1. The molecule has 1 aliphatic rings. The van der Waals surface area contributed by atoms with Crippen molar-refractivity contribution < 1.29 is 44.1 Å². The Balaban J connectivity index is 1.46. The summed E-state index contributed by atoms with van der Waals surface area (Å²) in [7, 11) is -8.31. The fraction of sp³-hybridized carbons (Fsp3) is 0.417. The molecule has 1 saturated heterocycles. The summed E-state index contributed by atoms with van der Waals surface area (Å²) in [6.07, 6.45) is 4.59. The summed E-state index contributed by atoms with van der Waals surface area (Å²) < 4.78 is 94.8. The second-order valence-electron chi connectivity index (χ2n) is 13.9. The van der Waals surface area contributed by atoms with Crippen molar-refractivity contribution in [3.8, 4) is 27.7 Å². The molecule has 4 aromatic rings. The highest BCUT2D eigenvalue weighted by Crippen LogP contribution is 2.44. The lowest BCUT2D eigenvalue weighted by Crippen LogP contribution is -2.44. The van der Waals surface area contributed by atoms with Crippen LogP contribution in [-0.2, 0) is 10.1 Å². The predicted molar refractivity (Wildman–Crippen MR) is 191 cm³/mol. The highest BCUT2D eigenvalue weighted by atomic mass is 32.2. The van der Waals surface area contributed by atoms with Crippen molar-refractivity contribution in [2.75, 3.05) is 26.2 Å². The number of rotatable bonds is 12. The maximum absolute atomic E-state index is 15.6. The van der Waals surface area contributed by atoms with E-state index in [0.717, 1.165) is 49.5 Å². The third-order valence-electron chi connectivity index (χ3n) is 9.20. The first-order chi connectivity index (χ1) is 23.4. The number of ketones is 1. The molecule has 0 aliphatic carbocycles. The zero-order valence-corrected chi connectivity index (χ0v) is 31.3. The number of alkyl halides is 3. The van der Waals surface area contributed by atoms with Gasteiger partial charge in [0.05, 0.1) is 6.61 Å². The molecule has 1 aromatic heterocycles. The quantitative estimate of drug-likeness (QED) is 0.0356. The fourth-order valence-corrected chi connectivity index (χ4v) is 8.09. The highest BCUT2D eigenvalue weighted by Gasteiger charge is 2.48. The number of nitrogens with zero attached hydrogens (tertiary/aromatic N) is 1. The van der Waals surface area contributed by atoms with Gasteiger partial charge in [0.15, 0.2) is 11.6 Å². The van der Waals surface area contributed by atoms with Crippen LogP contribution in [0.1, 0.15) is 62.4 Å². The van der Waals surface area contributed by atoms with Crippen molar-refractivity contribution in [2.45, 2.75) is 70.1 Å². The van der Waals surface area contributed by atoms with Crippen LogP contribution in [0.3, 0.4) is 0 Å². The second-order valence-corrected chi connectivity index (χ2v) is 21.2. The summed E-state index contributed by atoms with van der Waals surface area (Å²) in [5.41, 5.74) is -4.79. The monoisotopic (exact) mass is 751 g/mol. The molecule has 0 bridgehead atoms. The average Bonchev–Trinajstić information content (AvgIpc) is 3.42. The number of carbonyl (C=O) groups is 1. The Kier molecular flexibility index (Phi) is 11.1. The van der Waals surface area contributed by atoms with Crippen molar-refractivity contribution >= 4 is 45.6 Å². The Labute approximate surface area is 295 Å². The minimum Gasteiger partial charge on any atom is -0.542 e. The molecule has 0 saturated carbocycles. The Morgan fingerprint density at radius 2 is 1.58 bits per heavy atom. The van der Waals surface area contributed by atoms with Gasteiger partial charge in [-0.1, -0.05) is 27.2 Å². The molecule has 0 radical (unpaired) electrons. The molecule has 7 nitrogen and oxygen atoms in total. The van der Waals surface area contributed by atoms with E-state index in [1.54, 1.807) is 30.3 Å². The molecule has 2 heterocycles. The van der Waals surface area contributed by atoms with Gasteiger partial charge in [-0.05, 0) is 117 Å². The lowest BCUT2D eigenvalue weighted by atomic mass is 9.97. The van der Waals surface area contributed by atoms with Gasteiger partial charge in [-0.2, -0.15) is 21.6 Å². The number of thiophene rings is 1. The summed E-state index contributed by atoms with van der Waals surface area (Å²) in [5, 5.41) is 0.155. The van der Waals surface area contributed by atoms with Crippen LogP contribution < -0.4 is 13.3 Å². The fourth-order valence-electron chi connectivity index (χ4n) is 5.39. The molecule has 0 N–H and O–H groups in total. The van der Waals surface area contributed by atoms with Crippen LogP contribution in [0.2, 0.25) is 18.1 Å². The van der Waals surface area contributed by atoms with Gasteiger partial charge >= 0.3 is 15.6 Å². The second kappa shape index (κ2) is 14.6. The number of hydrogen-bond acceptors (Lipinski definition) is 8. The first-order valence-electron chi connectivity index (χ1n) is 16.4. The lowest BCUT2D eigenvalue weighted by molar-refractivity contribution is -0.0500. The van der Waals surface area contributed by atoms with Gasteiger partial charge < -0.3 is 18.2 Å². The molecule has 270 valence electrons. The molecular formula is C36H41F4NO6S2Si. The minimum absolute atomic E-state index is 0.0777. The van der Waals surface area contributed by atoms with E-state index in [4.69, 9.17) is 9.16 Å². The lowest BCUT2D eigenvalue weighted by Gasteiger charge is -2.36. The third-order valence-corrected chi connectivity index (χ3v) is 15.7. The largest absolute Gasteiger partial charge is 0.542 e. The van der Waals surface area contributed by atoms with Crippen LogP contribution in [0.4, 0.5) is 17.6 Å². The van der Waals surface area contributed by atoms with Gasteiger partial charge in [0.1, 0.15) is 17.2 Å². The van der Waals surface area contributed by atoms with Gasteiger partial charge in [0.2, 0.25) is 0 Å². The Hall–Kier alpha value is -3.46. The molecule has 3 aromatic carbocycles. The third kappa shape index (κ3) is 8.52. The van der Waals surface area contributed by atoms with E-state index < -0.39 is 41.3 Å². The van der Waals surface area contributed by atoms with Crippen LogP contribution in [0, 0.1) is 5.82 Å². The number of carbonyl (C=O) groups excluding carboxylic acids is 1. The van der Waals surface area contributed by atoms with Gasteiger partial charge in [0.25, 0.3) is 8.32 Å². The minimum atomic E-state index is -5.93. The smallest absolute Gasteiger partial charge is 0.534 e. The Morgan fingerprint density at radius 3 is 2.20 bits per heavy atom. The number of piperidine rings is 1. The van der Waals surface area contributed by atoms with Crippen LogP contribution in [-0.4, -0.2) is 59.2 Å². The predicted octanol–water partition coefficient (Wildman–Crippen LogP) is 9.81. The summed E-state index contributed by atoms with van der Waals surface area (Å²) in [4.78, 5) is 16.9. The van der Waals surface area contributed by atoms with Crippen LogP contribution in [0.15, 0.2) is 60.7 Å². The summed E-state index contributed by atoms with van der Waals surface area (Å²) in [5.74, 6) is -0.948. The standard InChI is InChI=1S/C36H41F4NO6S2Si/c1-35(2,3)50(4,5)47-30-17-12-25(22-29(30)37)34-32(28-16-15-27(23-31(28)48-34)46-49(43,44)36(38,39)40)33(42)24-10-13-26(14-11-24)45-21-9-20-41-18-7-6-8-19-41/h10-17,22-23H,6-9,18-21H2,1-5H3. The van der Waals surface area contributed by atoms with Crippen molar-refractivity contribution in [1.29, 1.82) is 0 Å². The normalized spacial score (nSPS) is 14.9. The first kappa shape index (κ1) is 37.8. The van der Waals surface area contributed by atoms with Gasteiger partial charge in [-0.3, -0.25) is 4.79 Å². The number of halogens is 4. The molecule has 0 atom stereocenters. The number of fused-ring (bicyclic) bond motifs is 1. The van der Waals surface area contributed by atoms with Gasteiger partial charge in [-0.25, -0.2) is 4.39 Å². The molecule has 1 fully saturated rings. The zero-order chi connectivity index (χ0) is 36.5. The topological polar surface area (TPSA) is 82.1 Å². The van der Waals surface area contributed by atoms with E-state index in [1.165, 1.54) is 37.5 Å². The van der Waals surface area contributed by atoms with E-state index in [9.17, 15) is 26.4 Å². The molecule has 0 spiro atoms. The van der Waals surface area contributed by atoms with E-state index in [0.29, 0.717) is 33.7 Å². The Morgan fingerprint density at radius 1 is 0.920 bits per heavy atom. The number of benzene rings is 3. The molecule has 1 aliphatic heterocycles. The molecule has 50 heavy (non-hydrogen) atoms. The molecule has 5 rings (SSSR count). The SMILES string of the molecule is CC(C)(C)[Si](C)(C)Oc1ccc(-c2sc3cc(OS(=O)(=O)C(F)(F)F)ccc3c2C(=O)c2ccc(OCCCN3CCCCC3)cc2)cc1F. The average molecular weight is 752 g/mol. The maximum Gasteiger partial charge on any atom is 0.534 e.